The van der Waals surface area contributed by atoms with Crippen LogP contribution >= 0.6 is 39.1 Å². The molecule has 2 rings (SSSR count). The highest BCUT2D eigenvalue weighted by Gasteiger charge is 2.14. The van der Waals surface area contributed by atoms with Crippen LogP contribution < -0.4 is 10.1 Å². The second-order valence-corrected chi connectivity index (χ2v) is 7.52. The largest absolute Gasteiger partial charge is 0.492 e. The summed E-state index contributed by atoms with van der Waals surface area (Å²) in [7, 11) is 0. The monoisotopic (exact) mass is 429 g/mol. The van der Waals surface area contributed by atoms with E-state index in [1.807, 2.05) is 6.07 Å². The highest BCUT2D eigenvalue weighted by Crippen LogP contribution is 2.25. The number of hydrogen-bond donors (Lipinski definition) is 1. The van der Waals surface area contributed by atoms with Crippen molar-refractivity contribution < 1.29 is 9.53 Å². The zero-order chi connectivity index (χ0) is 17.7. The standard InChI is InChI=1S/C18H18BrCl2NO2/c1-11(2)10-24-17-6-4-13(19)7-15(17)18(23)22-9-12-3-5-14(20)8-16(12)21/h3-8,11H,9-10H2,1-2H3,(H,22,23). The van der Waals surface area contributed by atoms with Gasteiger partial charge in [0.25, 0.3) is 5.91 Å². The zero-order valence-corrected chi connectivity index (χ0v) is 16.5. The van der Waals surface area contributed by atoms with Gasteiger partial charge in [-0.2, -0.15) is 0 Å². The Balaban J connectivity index is 2.12. The number of halogens is 3. The van der Waals surface area contributed by atoms with E-state index in [2.05, 4.69) is 35.1 Å². The second kappa shape index (κ2) is 8.75. The van der Waals surface area contributed by atoms with Gasteiger partial charge in [0.05, 0.1) is 12.2 Å². The summed E-state index contributed by atoms with van der Waals surface area (Å²) in [5.74, 6) is 0.713. The Kier molecular flexibility index (Phi) is 6.96. The smallest absolute Gasteiger partial charge is 0.255 e. The molecule has 0 aliphatic heterocycles. The lowest BCUT2D eigenvalue weighted by Gasteiger charge is -2.14. The summed E-state index contributed by atoms with van der Waals surface area (Å²) in [5.41, 5.74) is 1.28. The summed E-state index contributed by atoms with van der Waals surface area (Å²) >= 11 is 15.4. The van der Waals surface area contributed by atoms with E-state index in [1.165, 1.54) is 0 Å². The maximum Gasteiger partial charge on any atom is 0.255 e. The number of benzene rings is 2. The maximum atomic E-state index is 12.5. The topological polar surface area (TPSA) is 38.3 Å². The van der Waals surface area contributed by atoms with E-state index in [4.69, 9.17) is 27.9 Å². The van der Waals surface area contributed by atoms with Gasteiger partial charge in [-0.3, -0.25) is 4.79 Å². The Morgan fingerprint density at radius 3 is 2.62 bits per heavy atom. The first-order chi connectivity index (χ1) is 11.4. The molecule has 0 heterocycles. The molecule has 0 unspecified atom stereocenters. The quantitative estimate of drug-likeness (QED) is 0.636. The summed E-state index contributed by atoms with van der Waals surface area (Å²) in [5, 5.41) is 3.95. The third-order valence-corrected chi connectivity index (χ3v) is 4.29. The van der Waals surface area contributed by atoms with Crippen molar-refractivity contribution >= 4 is 45.0 Å². The van der Waals surface area contributed by atoms with Crippen LogP contribution in [0, 0.1) is 5.92 Å². The molecule has 6 heteroatoms. The first-order valence-electron chi connectivity index (χ1n) is 7.51. The fourth-order valence-corrected chi connectivity index (χ4v) is 2.83. The summed E-state index contributed by atoms with van der Waals surface area (Å²) in [6.45, 7) is 4.97. The minimum Gasteiger partial charge on any atom is -0.492 e. The SMILES string of the molecule is CC(C)COc1ccc(Br)cc1C(=O)NCc1ccc(Cl)cc1Cl. The van der Waals surface area contributed by atoms with Crippen LogP contribution in [0.15, 0.2) is 40.9 Å². The lowest BCUT2D eigenvalue weighted by Crippen LogP contribution is -2.24. The normalized spacial score (nSPS) is 10.8. The molecule has 0 fully saturated rings. The molecule has 3 nitrogen and oxygen atoms in total. The van der Waals surface area contributed by atoms with Gasteiger partial charge in [-0.05, 0) is 41.8 Å². The minimum atomic E-state index is -0.221. The van der Waals surface area contributed by atoms with Crippen molar-refractivity contribution in [2.75, 3.05) is 6.61 Å². The highest BCUT2D eigenvalue weighted by molar-refractivity contribution is 9.10. The molecule has 1 N–H and O–H groups in total. The molecule has 0 aliphatic rings. The molecule has 0 saturated heterocycles. The summed E-state index contributed by atoms with van der Waals surface area (Å²) in [4.78, 5) is 12.5. The van der Waals surface area contributed by atoms with Gasteiger partial charge in [-0.1, -0.05) is 59.0 Å². The molecule has 0 atom stereocenters. The van der Waals surface area contributed by atoms with Crippen LogP contribution in [0.25, 0.3) is 0 Å². The average Bonchev–Trinajstić information content (AvgIpc) is 2.52. The maximum absolute atomic E-state index is 12.5. The molecule has 0 saturated carbocycles. The van der Waals surface area contributed by atoms with E-state index in [0.29, 0.717) is 40.4 Å². The summed E-state index contributed by atoms with van der Waals surface area (Å²) < 4.78 is 6.55. The van der Waals surface area contributed by atoms with Crippen LogP contribution in [-0.2, 0) is 6.54 Å². The molecule has 0 aromatic heterocycles. The van der Waals surface area contributed by atoms with Gasteiger partial charge in [0.2, 0.25) is 0 Å². The molecular weight excluding hydrogens is 413 g/mol. The Labute approximate surface area is 160 Å². The van der Waals surface area contributed by atoms with Crippen molar-refractivity contribution in [3.63, 3.8) is 0 Å². The second-order valence-electron chi connectivity index (χ2n) is 5.76. The number of nitrogens with one attached hydrogen (secondary N) is 1. The Morgan fingerprint density at radius 2 is 1.96 bits per heavy atom. The number of rotatable bonds is 6. The predicted molar refractivity (Wildman–Crippen MR) is 102 cm³/mol. The van der Waals surface area contributed by atoms with Crippen LogP contribution in [-0.4, -0.2) is 12.5 Å². The van der Waals surface area contributed by atoms with E-state index in [1.54, 1.807) is 30.3 Å². The molecule has 24 heavy (non-hydrogen) atoms. The number of carbonyl (C=O) groups excluding carboxylic acids is 1. The van der Waals surface area contributed by atoms with Crippen molar-refractivity contribution in [1.82, 2.24) is 5.32 Å². The fraction of sp³-hybridized carbons (Fsp3) is 0.278. The van der Waals surface area contributed by atoms with E-state index >= 15 is 0 Å². The minimum absolute atomic E-state index is 0.221. The van der Waals surface area contributed by atoms with E-state index in [0.717, 1.165) is 10.0 Å². The molecule has 1 amide bonds. The Hall–Kier alpha value is -1.23. The first-order valence-corrected chi connectivity index (χ1v) is 9.06. The Bertz CT molecular complexity index is 735. The first kappa shape index (κ1) is 19.1. The number of ether oxygens (including phenoxy) is 1. The lowest BCUT2D eigenvalue weighted by molar-refractivity contribution is 0.0946. The molecule has 128 valence electrons. The van der Waals surface area contributed by atoms with Crippen molar-refractivity contribution in [2.24, 2.45) is 5.92 Å². The fourth-order valence-electron chi connectivity index (χ4n) is 2.00. The number of carbonyl (C=O) groups is 1. The number of hydrogen-bond acceptors (Lipinski definition) is 2. The summed E-state index contributed by atoms with van der Waals surface area (Å²) in [6, 6.07) is 10.6. The van der Waals surface area contributed by atoms with Gasteiger partial charge in [-0.15, -0.1) is 0 Å². The van der Waals surface area contributed by atoms with E-state index < -0.39 is 0 Å². The van der Waals surface area contributed by atoms with E-state index in [-0.39, 0.29) is 5.91 Å². The van der Waals surface area contributed by atoms with Crippen LogP contribution in [0.5, 0.6) is 5.75 Å². The lowest BCUT2D eigenvalue weighted by atomic mass is 10.1. The van der Waals surface area contributed by atoms with Gasteiger partial charge >= 0.3 is 0 Å². The van der Waals surface area contributed by atoms with Crippen molar-refractivity contribution in [1.29, 1.82) is 0 Å². The van der Waals surface area contributed by atoms with Crippen molar-refractivity contribution in [2.45, 2.75) is 20.4 Å². The molecule has 0 bridgehead atoms. The van der Waals surface area contributed by atoms with Crippen molar-refractivity contribution in [3.05, 3.63) is 62.0 Å². The summed E-state index contributed by atoms with van der Waals surface area (Å²) in [6.07, 6.45) is 0. The molecule has 0 aliphatic carbocycles. The predicted octanol–water partition coefficient (Wildman–Crippen LogP) is 5.72. The van der Waals surface area contributed by atoms with E-state index in [9.17, 15) is 4.79 Å². The van der Waals surface area contributed by atoms with Crippen LogP contribution in [0.3, 0.4) is 0 Å². The third kappa shape index (κ3) is 5.40. The van der Waals surface area contributed by atoms with Gasteiger partial charge in [0.15, 0.2) is 0 Å². The van der Waals surface area contributed by atoms with Gasteiger partial charge in [-0.25, -0.2) is 0 Å². The van der Waals surface area contributed by atoms with Gasteiger partial charge in [0, 0.05) is 21.1 Å². The zero-order valence-electron chi connectivity index (χ0n) is 13.4. The molecule has 0 spiro atoms. The third-order valence-electron chi connectivity index (χ3n) is 3.21. The molecular formula is C18H18BrCl2NO2. The molecule has 2 aromatic carbocycles. The van der Waals surface area contributed by atoms with Crippen molar-refractivity contribution in [3.8, 4) is 5.75 Å². The molecule has 0 radical (unpaired) electrons. The van der Waals surface area contributed by atoms with Gasteiger partial charge in [0.1, 0.15) is 5.75 Å². The molecule has 2 aromatic rings. The van der Waals surface area contributed by atoms with Gasteiger partial charge < -0.3 is 10.1 Å². The average molecular weight is 431 g/mol. The van der Waals surface area contributed by atoms with Crippen LogP contribution in [0.1, 0.15) is 29.8 Å². The van der Waals surface area contributed by atoms with Crippen LogP contribution in [0.4, 0.5) is 0 Å². The highest BCUT2D eigenvalue weighted by atomic mass is 79.9. The van der Waals surface area contributed by atoms with Crippen LogP contribution in [0.2, 0.25) is 10.0 Å². The number of amides is 1. The Morgan fingerprint density at radius 1 is 1.21 bits per heavy atom.